The van der Waals surface area contributed by atoms with Gasteiger partial charge in [0.15, 0.2) is 0 Å². The third-order valence-electron chi connectivity index (χ3n) is 1.71. The lowest BCUT2D eigenvalue weighted by molar-refractivity contribution is 0.242. The smallest absolute Gasteiger partial charge is 0.489 e. The first kappa shape index (κ1) is 12.7. The number of ether oxygens (including phenoxy) is 1. The van der Waals surface area contributed by atoms with Crippen LogP contribution in [-0.4, -0.2) is 23.3 Å². The lowest BCUT2D eigenvalue weighted by Gasteiger charge is -2.14. The predicted octanol–water partition coefficient (Wildman–Crippen LogP) is 1.46. The molecule has 1 rings (SSSR count). The SMILES string of the molecule is CC(C)Oc1ccc(Cl)c(B(O)O)c1Cl. The fourth-order valence-corrected chi connectivity index (χ4v) is 1.74. The van der Waals surface area contributed by atoms with E-state index in [1.165, 1.54) is 6.07 Å². The largest absolute Gasteiger partial charge is 0.491 e. The molecule has 0 aliphatic heterocycles. The molecule has 0 atom stereocenters. The van der Waals surface area contributed by atoms with Gasteiger partial charge in [-0.05, 0) is 26.0 Å². The molecule has 0 saturated heterocycles. The van der Waals surface area contributed by atoms with Crippen molar-refractivity contribution < 1.29 is 14.8 Å². The Labute approximate surface area is 98.7 Å². The molecule has 0 fully saturated rings. The first-order valence-electron chi connectivity index (χ1n) is 4.44. The Morgan fingerprint density at radius 1 is 1.27 bits per heavy atom. The summed E-state index contributed by atoms with van der Waals surface area (Å²) in [5.74, 6) is 0.388. The first-order chi connectivity index (χ1) is 6.93. The van der Waals surface area contributed by atoms with E-state index in [0.29, 0.717) is 5.75 Å². The van der Waals surface area contributed by atoms with E-state index in [4.69, 9.17) is 38.0 Å². The monoisotopic (exact) mass is 248 g/mol. The first-order valence-corrected chi connectivity index (χ1v) is 5.19. The van der Waals surface area contributed by atoms with Crippen LogP contribution in [0.3, 0.4) is 0 Å². The van der Waals surface area contributed by atoms with E-state index in [1.807, 2.05) is 13.8 Å². The summed E-state index contributed by atoms with van der Waals surface area (Å²) in [7, 11) is -1.71. The minimum absolute atomic E-state index is 0.0487. The highest BCUT2D eigenvalue weighted by molar-refractivity contribution is 6.66. The van der Waals surface area contributed by atoms with Gasteiger partial charge < -0.3 is 14.8 Å². The Hall–Kier alpha value is -0.415. The molecule has 6 heteroatoms. The van der Waals surface area contributed by atoms with Gasteiger partial charge >= 0.3 is 7.12 Å². The zero-order valence-electron chi connectivity index (χ0n) is 8.37. The van der Waals surface area contributed by atoms with Crippen molar-refractivity contribution in [3.8, 4) is 5.75 Å². The zero-order valence-corrected chi connectivity index (χ0v) is 9.88. The molecule has 15 heavy (non-hydrogen) atoms. The summed E-state index contributed by atoms with van der Waals surface area (Å²) in [4.78, 5) is 0. The average molecular weight is 249 g/mol. The van der Waals surface area contributed by atoms with E-state index >= 15 is 0 Å². The van der Waals surface area contributed by atoms with Crippen LogP contribution in [0.5, 0.6) is 5.75 Å². The van der Waals surface area contributed by atoms with Gasteiger partial charge in [-0.25, -0.2) is 0 Å². The second-order valence-corrected chi connectivity index (χ2v) is 4.10. The van der Waals surface area contributed by atoms with Crippen molar-refractivity contribution in [2.24, 2.45) is 0 Å². The van der Waals surface area contributed by atoms with Gasteiger partial charge in [0.2, 0.25) is 0 Å². The summed E-state index contributed by atoms with van der Waals surface area (Å²) in [6, 6.07) is 3.11. The number of hydrogen-bond donors (Lipinski definition) is 2. The van der Waals surface area contributed by atoms with E-state index in [1.54, 1.807) is 6.07 Å². The molecular weight excluding hydrogens is 238 g/mol. The van der Waals surface area contributed by atoms with Crippen LogP contribution in [0.2, 0.25) is 10.0 Å². The van der Waals surface area contributed by atoms with Crippen molar-refractivity contribution in [3.63, 3.8) is 0 Å². The van der Waals surface area contributed by atoms with Crippen LogP contribution in [0.25, 0.3) is 0 Å². The molecule has 0 spiro atoms. The summed E-state index contributed by atoms with van der Waals surface area (Å²) >= 11 is 11.7. The van der Waals surface area contributed by atoms with Gasteiger partial charge in [0, 0.05) is 10.5 Å². The summed E-state index contributed by atoms with van der Waals surface area (Å²) in [5.41, 5.74) is 0.0662. The van der Waals surface area contributed by atoms with E-state index in [-0.39, 0.29) is 21.6 Å². The van der Waals surface area contributed by atoms with Gasteiger partial charge in [-0.2, -0.15) is 0 Å². The zero-order chi connectivity index (χ0) is 11.6. The fraction of sp³-hybridized carbons (Fsp3) is 0.333. The maximum Gasteiger partial charge on any atom is 0.491 e. The van der Waals surface area contributed by atoms with Gasteiger partial charge in [-0.3, -0.25) is 0 Å². The molecule has 1 aromatic carbocycles. The van der Waals surface area contributed by atoms with Gasteiger partial charge in [0.05, 0.1) is 11.1 Å². The van der Waals surface area contributed by atoms with Gasteiger partial charge in [-0.1, -0.05) is 23.2 Å². The molecule has 0 aromatic heterocycles. The number of benzene rings is 1. The Kier molecular flexibility index (Phi) is 4.28. The Morgan fingerprint density at radius 3 is 2.33 bits per heavy atom. The second kappa shape index (κ2) is 5.08. The summed E-state index contributed by atoms with van der Waals surface area (Å²) in [5, 5.41) is 18.5. The molecule has 0 aliphatic carbocycles. The highest BCUT2D eigenvalue weighted by Crippen LogP contribution is 2.26. The second-order valence-electron chi connectivity index (χ2n) is 3.31. The van der Waals surface area contributed by atoms with Crippen LogP contribution in [0.4, 0.5) is 0 Å². The molecule has 0 unspecified atom stereocenters. The third-order valence-corrected chi connectivity index (χ3v) is 2.43. The Balaban J connectivity index is 3.16. The van der Waals surface area contributed by atoms with Crippen molar-refractivity contribution in [1.82, 2.24) is 0 Å². The van der Waals surface area contributed by atoms with Crippen LogP contribution >= 0.6 is 23.2 Å². The molecule has 2 N–H and O–H groups in total. The van der Waals surface area contributed by atoms with Crippen LogP contribution in [0, 0.1) is 0 Å². The van der Waals surface area contributed by atoms with E-state index in [9.17, 15) is 0 Å². The summed E-state index contributed by atoms with van der Waals surface area (Å²) < 4.78 is 5.38. The van der Waals surface area contributed by atoms with Gasteiger partial charge in [0.1, 0.15) is 5.75 Å². The molecule has 1 aromatic rings. The maximum atomic E-state index is 9.08. The van der Waals surface area contributed by atoms with Crippen molar-refractivity contribution in [2.75, 3.05) is 0 Å². The van der Waals surface area contributed by atoms with Crippen LogP contribution in [0.1, 0.15) is 13.8 Å². The Bertz CT molecular complexity index is 355. The molecule has 0 amide bonds. The van der Waals surface area contributed by atoms with E-state index < -0.39 is 7.12 Å². The predicted molar refractivity (Wildman–Crippen MR) is 62.1 cm³/mol. The molecular formula is C9H11BCl2O3. The Morgan fingerprint density at radius 2 is 1.87 bits per heavy atom. The fourth-order valence-electron chi connectivity index (χ4n) is 1.13. The molecule has 3 nitrogen and oxygen atoms in total. The summed E-state index contributed by atoms with van der Waals surface area (Å²) in [6.07, 6.45) is -0.0487. The minimum atomic E-state index is -1.71. The van der Waals surface area contributed by atoms with Crippen molar-refractivity contribution in [3.05, 3.63) is 22.2 Å². The molecule has 0 radical (unpaired) electrons. The molecule has 0 aliphatic rings. The van der Waals surface area contributed by atoms with Crippen LogP contribution in [-0.2, 0) is 0 Å². The topological polar surface area (TPSA) is 49.7 Å². The highest BCUT2D eigenvalue weighted by atomic mass is 35.5. The summed E-state index contributed by atoms with van der Waals surface area (Å²) in [6.45, 7) is 3.69. The maximum absolute atomic E-state index is 9.08. The molecule has 0 saturated carbocycles. The lowest BCUT2D eigenvalue weighted by atomic mass is 9.80. The number of halogens is 2. The average Bonchev–Trinajstić information content (AvgIpc) is 2.09. The third kappa shape index (κ3) is 3.02. The van der Waals surface area contributed by atoms with Crippen molar-refractivity contribution in [2.45, 2.75) is 20.0 Å². The van der Waals surface area contributed by atoms with E-state index in [0.717, 1.165) is 0 Å². The van der Waals surface area contributed by atoms with E-state index in [2.05, 4.69) is 0 Å². The quantitative estimate of drug-likeness (QED) is 0.797. The van der Waals surface area contributed by atoms with Crippen molar-refractivity contribution in [1.29, 1.82) is 0 Å². The molecule has 0 bridgehead atoms. The van der Waals surface area contributed by atoms with Crippen molar-refractivity contribution >= 4 is 35.8 Å². The van der Waals surface area contributed by atoms with Gasteiger partial charge in [-0.15, -0.1) is 0 Å². The van der Waals surface area contributed by atoms with Crippen LogP contribution in [0.15, 0.2) is 12.1 Å². The van der Waals surface area contributed by atoms with Gasteiger partial charge in [0.25, 0.3) is 0 Å². The highest BCUT2D eigenvalue weighted by Gasteiger charge is 2.22. The number of rotatable bonds is 3. The number of hydrogen-bond acceptors (Lipinski definition) is 3. The van der Waals surface area contributed by atoms with Crippen LogP contribution < -0.4 is 10.2 Å². The minimum Gasteiger partial charge on any atom is -0.489 e. The normalized spacial score (nSPS) is 10.6. The lowest BCUT2D eigenvalue weighted by Crippen LogP contribution is -2.32. The molecule has 0 heterocycles. The standard InChI is InChI=1S/C9H11BCl2O3/c1-5(2)15-7-4-3-6(11)8(9(7)12)10(13)14/h3-5,13-14H,1-2H3. The molecule has 82 valence electrons.